The second-order valence-corrected chi connectivity index (χ2v) is 10.0. The summed E-state index contributed by atoms with van der Waals surface area (Å²) in [7, 11) is 0. The Labute approximate surface area is 205 Å². The number of aryl methyl sites for hydroxylation is 1. The average molecular weight is 498 g/mol. The molecule has 3 aromatic heterocycles. The van der Waals surface area contributed by atoms with Crippen LogP contribution in [0.3, 0.4) is 0 Å². The average Bonchev–Trinajstić information content (AvgIpc) is 3.44. The molecule has 0 aliphatic rings. The predicted molar refractivity (Wildman–Crippen MR) is 132 cm³/mol. The Morgan fingerprint density at radius 2 is 1.89 bits per heavy atom. The van der Waals surface area contributed by atoms with Crippen LogP contribution in [0.4, 0.5) is 0 Å². The van der Waals surface area contributed by atoms with Crippen molar-refractivity contribution < 1.29 is 14.6 Å². The van der Waals surface area contributed by atoms with Crippen LogP contribution >= 0.6 is 11.3 Å². The zero-order valence-corrected chi connectivity index (χ0v) is 20.9. The highest BCUT2D eigenvalue weighted by Gasteiger charge is 2.36. The quantitative estimate of drug-likeness (QED) is 0.397. The molecule has 1 atom stereocenters. The van der Waals surface area contributed by atoms with Crippen molar-refractivity contribution in [1.82, 2.24) is 23.9 Å². The fourth-order valence-electron chi connectivity index (χ4n) is 4.01. The van der Waals surface area contributed by atoms with Gasteiger partial charge in [0.2, 0.25) is 0 Å². The molecule has 4 rings (SSSR count). The molecule has 0 spiro atoms. The van der Waals surface area contributed by atoms with Gasteiger partial charge in [0.1, 0.15) is 34.1 Å². The first-order valence-corrected chi connectivity index (χ1v) is 11.9. The van der Waals surface area contributed by atoms with Crippen LogP contribution in [0.2, 0.25) is 0 Å². The van der Waals surface area contributed by atoms with Crippen LogP contribution in [0.25, 0.3) is 15.2 Å². The maximum absolute atomic E-state index is 13.8. The van der Waals surface area contributed by atoms with Gasteiger partial charge in [-0.3, -0.25) is 9.36 Å². The minimum Gasteiger partial charge on any atom is -0.480 e. The number of fused-ring (bicyclic) bond motifs is 1. The van der Waals surface area contributed by atoms with Gasteiger partial charge in [-0.05, 0) is 40.2 Å². The Balaban J connectivity index is 2.05. The van der Waals surface area contributed by atoms with Crippen LogP contribution in [-0.2, 0) is 21.6 Å². The smallest absolute Gasteiger partial charge is 0.333 e. The van der Waals surface area contributed by atoms with Crippen LogP contribution < -0.4 is 11.2 Å². The normalized spacial score (nSPS) is 13.0. The molecule has 0 saturated heterocycles. The number of carboxylic acids is 1. The first-order valence-electron chi connectivity index (χ1n) is 11.1. The van der Waals surface area contributed by atoms with Crippen LogP contribution in [-0.4, -0.2) is 41.1 Å². The maximum atomic E-state index is 13.8. The summed E-state index contributed by atoms with van der Waals surface area (Å²) in [5, 5.41) is 14.9. The number of aromatic nitrogens is 5. The number of ether oxygens (including phenoxy) is 1. The molecule has 184 valence electrons. The topological polar surface area (TPSA) is 121 Å². The summed E-state index contributed by atoms with van der Waals surface area (Å²) >= 11 is 1.23. The van der Waals surface area contributed by atoms with Crippen molar-refractivity contribution in [1.29, 1.82) is 0 Å². The summed E-state index contributed by atoms with van der Waals surface area (Å²) in [4.78, 5) is 43.9. The number of carboxylic acid groups (broad SMARTS) is 1. The van der Waals surface area contributed by atoms with Gasteiger partial charge in [-0.1, -0.05) is 41.7 Å². The van der Waals surface area contributed by atoms with Crippen LogP contribution in [0.1, 0.15) is 44.9 Å². The molecule has 0 aliphatic heterocycles. The van der Waals surface area contributed by atoms with E-state index in [1.54, 1.807) is 6.92 Å². The number of hydrogen-bond acceptors (Lipinski definition) is 7. The molecule has 11 heteroatoms. The van der Waals surface area contributed by atoms with Gasteiger partial charge in [0.05, 0.1) is 18.0 Å². The monoisotopic (exact) mass is 497 g/mol. The zero-order chi connectivity index (χ0) is 25.5. The summed E-state index contributed by atoms with van der Waals surface area (Å²) < 4.78 is 9.96. The number of hydrogen-bond donors (Lipinski definition) is 1. The van der Waals surface area contributed by atoms with Crippen molar-refractivity contribution in [3.8, 4) is 5.00 Å². The minimum absolute atomic E-state index is 0.0876. The molecular formula is C24H27N5O5S. The molecule has 1 N–H and O–H groups in total. The lowest BCUT2D eigenvalue weighted by molar-refractivity contribution is -0.146. The van der Waals surface area contributed by atoms with Gasteiger partial charge in [0.25, 0.3) is 5.56 Å². The van der Waals surface area contributed by atoms with E-state index >= 15 is 0 Å². The van der Waals surface area contributed by atoms with Crippen LogP contribution in [0.15, 0.2) is 52.6 Å². The molecule has 35 heavy (non-hydrogen) atoms. The largest absolute Gasteiger partial charge is 0.480 e. The van der Waals surface area contributed by atoms with Crippen molar-refractivity contribution in [2.24, 2.45) is 0 Å². The maximum Gasteiger partial charge on any atom is 0.333 e. The van der Waals surface area contributed by atoms with Gasteiger partial charge in [-0.25, -0.2) is 23.8 Å². The Morgan fingerprint density at radius 1 is 1.20 bits per heavy atom. The molecule has 10 nitrogen and oxygen atoms in total. The van der Waals surface area contributed by atoms with Crippen molar-refractivity contribution >= 4 is 27.5 Å². The zero-order valence-electron chi connectivity index (χ0n) is 20.1. The third-order valence-corrected chi connectivity index (χ3v) is 7.16. The van der Waals surface area contributed by atoms with E-state index in [9.17, 15) is 19.5 Å². The number of aliphatic carboxylic acids is 1. The molecule has 4 aromatic rings. The lowest BCUT2D eigenvalue weighted by Gasteiger charge is -2.26. The van der Waals surface area contributed by atoms with E-state index < -0.39 is 28.9 Å². The number of thiophene rings is 1. The van der Waals surface area contributed by atoms with Gasteiger partial charge in [0, 0.05) is 5.56 Å². The summed E-state index contributed by atoms with van der Waals surface area (Å²) in [5.74, 6) is -1.29. The lowest BCUT2D eigenvalue weighted by atomic mass is 10.1. The van der Waals surface area contributed by atoms with Crippen molar-refractivity contribution in [3.63, 3.8) is 0 Å². The van der Waals surface area contributed by atoms with Gasteiger partial charge >= 0.3 is 11.7 Å². The summed E-state index contributed by atoms with van der Waals surface area (Å²) in [6.45, 7) is 8.33. The number of rotatable bonds is 8. The van der Waals surface area contributed by atoms with E-state index in [1.165, 1.54) is 47.1 Å². The Hall–Kier alpha value is -3.57. The van der Waals surface area contributed by atoms with Gasteiger partial charge in [-0.2, -0.15) is 5.10 Å². The van der Waals surface area contributed by atoms with E-state index in [-0.39, 0.29) is 18.0 Å². The molecule has 3 heterocycles. The first-order chi connectivity index (χ1) is 16.5. The molecule has 0 aliphatic carbocycles. The summed E-state index contributed by atoms with van der Waals surface area (Å²) in [6.07, 6.45) is 2.25. The minimum atomic E-state index is -1.77. The summed E-state index contributed by atoms with van der Waals surface area (Å²) in [6, 6.07) is 9.48. The van der Waals surface area contributed by atoms with E-state index in [0.29, 0.717) is 15.4 Å². The van der Waals surface area contributed by atoms with Gasteiger partial charge < -0.3 is 9.84 Å². The first kappa shape index (κ1) is 24.6. The standard InChI is InChI=1S/C24H27N5O5S/c1-14(2)34-17(16-9-7-6-8-10-16)11-27-21-18(15(3)20(35-21)28-13-25-12-26-28)19(30)29(23(27)33)24(4,5)22(31)32/h6-10,12-14,17H,11H2,1-5H3,(H,31,32)/t17-/m0/s1. The number of nitrogens with zero attached hydrogens (tertiary/aromatic N) is 5. The van der Waals surface area contributed by atoms with E-state index in [0.717, 1.165) is 10.1 Å². The fourth-order valence-corrected chi connectivity index (χ4v) is 5.24. The predicted octanol–water partition coefficient (Wildman–Crippen LogP) is 3.10. The fraction of sp³-hybridized carbons (Fsp3) is 0.375. The van der Waals surface area contributed by atoms with E-state index in [2.05, 4.69) is 10.1 Å². The van der Waals surface area contributed by atoms with E-state index in [4.69, 9.17) is 4.74 Å². The summed E-state index contributed by atoms with van der Waals surface area (Å²) in [5.41, 5.74) is -1.69. The third kappa shape index (κ3) is 4.32. The molecular weight excluding hydrogens is 470 g/mol. The molecule has 0 amide bonds. The van der Waals surface area contributed by atoms with Gasteiger partial charge in [-0.15, -0.1) is 0 Å². The third-order valence-electron chi connectivity index (χ3n) is 5.85. The molecule has 0 saturated carbocycles. The SMILES string of the molecule is Cc1c(-n2cncn2)sc2c1c(=O)n(C(C)(C)C(=O)O)c(=O)n2C[C@H](OC(C)C)c1ccccc1. The molecule has 0 unspecified atom stereocenters. The Kier molecular flexibility index (Phi) is 6.48. The van der Waals surface area contributed by atoms with Crippen molar-refractivity contribution in [3.05, 3.63) is 75.0 Å². The second kappa shape index (κ2) is 9.23. The Morgan fingerprint density at radius 3 is 2.46 bits per heavy atom. The number of benzene rings is 1. The lowest BCUT2D eigenvalue weighted by Crippen LogP contribution is -2.52. The highest BCUT2D eigenvalue weighted by atomic mass is 32.1. The molecule has 0 bridgehead atoms. The Bertz CT molecular complexity index is 1480. The van der Waals surface area contributed by atoms with Crippen molar-refractivity contribution in [2.75, 3.05) is 0 Å². The molecule has 0 fully saturated rings. The van der Waals surface area contributed by atoms with Crippen LogP contribution in [0, 0.1) is 6.92 Å². The highest BCUT2D eigenvalue weighted by Crippen LogP contribution is 2.32. The van der Waals surface area contributed by atoms with Crippen molar-refractivity contribution in [2.45, 2.75) is 58.9 Å². The molecule has 0 radical (unpaired) electrons. The van der Waals surface area contributed by atoms with Crippen LogP contribution in [0.5, 0.6) is 0 Å². The van der Waals surface area contributed by atoms with Gasteiger partial charge in [0.15, 0.2) is 0 Å². The molecule has 1 aromatic carbocycles. The second-order valence-electron chi connectivity index (χ2n) is 9.03. The highest BCUT2D eigenvalue weighted by molar-refractivity contribution is 7.21. The van der Waals surface area contributed by atoms with E-state index in [1.807, 2.05) is 44.2 Å². The number of carbonyl (C=O) groups is 1.